The summed E-state index contributed by atoms with van der Waals surface area (Å²) in [6.45, 7) is 7.49. The summed E-state index contributed by atoms with van der Waals surface area (Å²) in [5, 5.41) is 5.07. The minimum absolute atomic E-state index is 0.208. The van der Waals surface area contributed by atoms with Crippen molar-refractivity contribution < 1.29 is 19.1 Å². The van der Waals surface area contributed by atoms with Gasteiger partial charge in [-0.3, -0.25) is 4.79 Å². The van der Waals surface area contributed by atoms with E-state index in [2.05, 4.69) is 15.1 Å². The standard InChI is InChI=1S/C22H25N5O4S/c1-14-12-15(2)27-21(23-14)24-22(25-27)32-13-17-6-4-5-7-18(17)20(29)31-16(3)19(28)26-8-10-30-11-9-26/h4-7,12,16H,8-11,13H2,1-3H3. The monoisotopic (exact) mass is 455 g/mol. The molecule has 1 amide bonds. The predicted octanol–water partition coefficient (Wildman–Crippen LogP) is 2.44. The summed E-state index contributed by atoms with van der Waals surface area (Å²) in [6.07, 6.45) is -0.862. The number of carbonyl (C=O) groups is 2. The van der Waals surface area contributed by atoms with E-state index in [0.717, 1.165) is 17.0 Å². The van der Waals surface area contributed by atoms with Crippen molar-refractivity contribution in [3.63, 3.8) is 0 Å². The zero-order valence-corrected chi connectivity index (χ0v) is 19.1. The van der Waals surface area contributed by atoms with Crippen LogP contribution in [0.3, 0.4) is 0 Å². The summed E-state index contributed by atoms with van der Waals surface area (Å²) >= 11 is 1.41. The van der Waals surface area contributed by atoms with Crippen molar-refractivity contribution in [3.05, 3.63) is 52.8 Å². The molecule has 32 heavy (non-hydrogen) atoms. The maximum absolute atomic E-state index is 12.8. The molecular weight excluding hydrogens is 430 g/mol. The molecular formula is C22H25N5O4S. The number of hydrogen-bond donors (Lipinski definition) is 0. The van der Waals surface area contributed by atoms with Crippen molar-refractivity contribution in [2.24, 2.45) is 0 Å². The van der Waals surface area contributed by atoms with Crippen LogP contribution in [0.4, 0.5) is 0 Å². The number of esters is 1. The van der Waals surface area contributed by atoms with Crippen LogP contribution in [-0.2, 0) is 20.0 Å². The summed E-state index contributed by atoms with van der Waals surface area (Å²) in [5.41, 5.74) is 3.05. The average Bonchev–Trinajstić information content (AvgIpc) is 3.21. The number of hydrogen-bond acceptors (Lipinski definition) is 8. The van der Waals surface area contributed by atoms with E-state index in [1.807, 2.05) is 32.0 Å². The molecule has 0 aliphatic carbocycles. The normalized spacial score (nSPS) is 15.0. The molecule has 1 unspecified atom stereocenters. The van der Waals surface area contributed by atoms with Gasteiger partial charge in [-0.15, -0.1) is 5.10 Å². The van der Waals surface area contributed by atoms with Crippen LogP contribution in [0.2, 0.25) is 0 Å². The summed E-state index contributed by atoms with van der Waals surface area (Å²) in [5.74, 6) is 0.298. The van der Waals surface area contributed by atoms with Gasteiger partial charge in [0, 0.05) is 30.2 Å². The van der Waals surface area contributed by atoms with E-state index in [-0.39, 0.29) is 5.91 Å². The molecule has 0 saturated carbocycles. The molecule has 1 aromatic carbocycles. The van der Waals surface area contributed by atoms with Crippen LogP contribution in [0, 0.1) is 13.8 Å². The fourth-order valence-corrected chi connectivity index (χ4v) is 4.33. The Morgan fingerprint density at radius 2 is 1.94 bits per heavy atom. The number of fused-ring (bicyclic) bond motifs is 1. The fraction of sp³-hybridized carbons (Fsp3) is 0.409. The first kappa shape index (κ1) is 22.2. The first-order chi connectivity index (χ1) is 15.4. The minimum Gasteiger partial charge on any atom is -0.449 e. The molecule has 1 aliphatic heterocycles. The highest BCUT2D eigenvalue weighted by atomic mass is 32.2. The molecule has 3 heterocycles. The van der Waals surface area contributed by atoms with Gasteiger partial charge in [-0.1, -0.05) is 30.0 Å². The third-order valence-corrected chi connectivity index (χ3v) is 6.03. The highest BCUT2D eigenvalue weighted by Gasteiger charge is 2.26. The van der Waals surface area contributed by atoms with E-state index < -0.39 is 12.1 Å². The lowest BCUT2D eigenvalue weighted by Gasteiger charge is -2.29. The second-order valence-corrected chi connectivity index (χ2v) is 8.52. The van der Waals surface area contributed by atoms with Gasteiger partial charge >= 0.3 is 5.97 Å². The number of ether oxygens (including phenoxy) is 2. The molecule has 0 radical (unpaired) electrons. The number of aryl methyl sites for hydroxylation is 2. The Bertz CT molecular complexity index is 1140. The van der Waals surface area contributed by atoms with Gasteiger partial charge in [-0.2, -0.15) is 4.98 Å². The maximum Gasteiger partial charge on any atom is 0.339 e. The van der Waals surface area contributed by atoms with E-state index in [9.17, 15) is 9.59 Å². The van der Waals surface area contributed by atoms with Crippen molar-refractivity contribution >= 4 is 29.4 Å². The van der Waals surface area contributed by atoms with Crippen LogP contribution in [-0.4, -0.2) is 68.8 Å². The first-order valence-electron chi connectivity index (χ1n) is 10.4. The van der Waals surface area contributed by atoms with Gasteiger partial charge in [0.2, 0.25) is 5.16 Å². The number of amides is 1. The van der Waals surface area contributed by atoms with Gasteiger partial charge in [0.25, 0.3) is 11.7 Å². The predicted molar refractivity (Wildman–Crippen MR) is 119 cm³/mol. The molecule has 3 aromatic rings. The Kier molecular flexibility index (Phi) is 6.71. The van der Waals surface area contributed by atoms with E-state index in [0.29, 0.717) is 48.6 Å². The fourth-order valence-electron chi connectivity index (χ4n) is 3.51. The number of rotatable bonds is 6. The van der Waals surface area contributed by atoms with Crippen molar-refractivity contribution in [3.8, 4) is 0 Å². The molecule has 0 bridgehead atoms. The Morgan fingerprint density at radius 3 is 2.72 bits per heavy atom. The third kappa shape index (κ3) is 4.91. The van der Waals surface area contributed by atoms with Gasteiger partial charge in [0.1, 0.15) is 0 Å². The Balaban J connectivity index is 1.43. The first-order valence-corrected chi connectivity index (χ1v) is 11.4. The smallest absolute Gasteiger partial charge is 0.339 e. The zero-order chi connectivity index (χ0) is 22.7. The zero-order valence-electron chi connectivity index (χ0n) is 18.3. The number of carbonyl (C=O) groups excluding carboxylic acids is 2. The summed E-state index contributed by atoms with van der Waals surface area (Å²) < 4.78 is 12.5. The molecule has 168 valence electrons. The Hall–Kier alpha value is -2.98. The van der Waals surface area contributed by atoms with Gasteiger partial charge in [0.15, 0.2) is 6.10 Å². The van der Waals surface area contributed by atoms with Crippen molar-refractivity contribution in [2.45, 2.75) is 37.8 Å². The van der Waals surface area contributed by atoms with Crippen LogP contribution in [0.25, 0.3) is 5.78 Å². The lowest BCUT2D eigenvalue weighted by Crippen LogP contribution is -2.46. The lowest BCUT2D eigenvalue weighted by atomic mass is 10.1. The van der Waals surface area contributed by atoms with Crippen molar-refractivity contribution in [1.82, 2.24) is 24.5 Å². The van der Waals surface area contributed by atoms with E-state index in [1.54, 1.807) is 28.5 Å². The van der Waals surface area contributed by atoms with Crippen LogP contribution < -0.4 is 0 Å². The summed E-state index contributed by atoms with van der Waals surface area (Å²) in [4.78, 5) is 35.9. The molecule has 1 atom stereocenters. The maximum atomic E-state index is 12.8. The van der Waals surface area contributed by atoms with Crippen LogP contribution in [0.1, 0.15) is 34.2 Å². The molecule has 10 heteroatoms. The van der Waals surface area contributed by atoms with Gasteiger partial charge < -0.3 is 14.4 Å². The molecule has 0 N–H and O–H groups in total. The molecule has 0 spiro atoms. The second-order valence-electron chi connectivity index (χ2n) is 7.58. The molecule has 4 rings (SSSR count). The van der Waals surface area contributed by atoms with E-state index in [4.69, 9.17) is 9.47 Å². The second kappa shape index (κ2) is 9.66. The summed E-state index contributed by atoms with van der Waals surface area (Å²) in [7, 11) is 0. The third-order valence-electron chi connectivity index (χ3n) is 5.15. The number of nitrogens with zero attached hydrogens (tertiary/aromatic N) is 5. The number of aromatic nitrogens is 4. The van der Waals surface area contributed by atoms with E-state index >= 15 is 0 Å². The van der Waals surface area contributed by atoms with Crippen LogP contribution >= 0.6 is 11.8 Å². The van der Waals surface area contributed by atoms with Gasteiger partial charge in [-0.25, -0.2) is 14.3 Å². The molecule has 1 saturated heterocycles. The molecule has 1 fully saturated rings. The van der Waals surface area contributed by atoms with Crippen LogP contribution in [0.5, 0.6) is 0 Å². The number of benzene rings is 1. The van der Waals surface area contributed by atoms with E-state index in [1.165, 1.54) is 11.8 Å². The topological polar surface area (TPSA) is 98.9 Å². The average molecular weight is 456 g/mol. The largest absolute Gasteiger partial charge is 0.449 e. The Morgan fingerprint density at radius 1 is 1.19 bits per heavy atom. The molecule has 2 aromatic heterocycles. The molecule has 1 aliphatic rings. The Labute approximate surface area is 190 Å². The van der Waals surface area contributed by atoms with Gasteiger partial charge in [-0.05, 0) is 38.5 Å². The SMILES string of the molecule is Cc1cc(C)n2nc(SCc3ccccc3C(=O)OC(C)C(=O)N3CCOCC3)nc2n1. The van der Waals surface area contributed by atoms with Crippen molar-refractivity contribution in [1.29, 1.82) is 0 Å². The number of thioether (sulfide) groups is 1. The number of morpholine rings is 1. The highest BCUT2D eigenvalue weighted by molar-refractivity contribution is 7.98. The summed E-state index contributed by atoms with van der Waals surface area (Å²) in [6, 6.07) is 9.15. The van der Waals surface area contributed by atoms with Gasteiger partial charge in [0.05, 0.1) is 18.8 Å². The minimum atomic E-state index is -0.862. The quantitative estimate of drug-likeness (QED) is 0.413. The van der Waals surface area contributed by atoms with Crippen LogP contribution in [0.15, 0.2) is 35.5 Å². The molecule has 9 nitrogen and oxygen atoms in total. The lowest BCUT2D eigenvalue weighted by molar-refractivity contribution is -0.143. The highest BCUT2D eigenvalue weighted by Crippen LogP contribution is 2.23. The van der Waals surface area contributed by atoms with Crippen molar-refractivity contribution in [2.75, 3.05) is 26.3 Å².